The molecule has 7 heteroatoms. The molecule has 0 bridgehead atoms. The first-order valence-electron chi connectivity index (χ1n) is 6.09. The van der Waals surface area contributed by atoms with Gasteiger partial charge in [0, 0.05) is 16.3 Å². The topological polar surface area (TPSA) is 76.7 Å². The van der Waals surface area contributed by atoms with Crippen LogP contribution in [-0.4, -0.2) is 30.3 Å². The molecule has 2 heterocycles. The maximum Gasteiger partial charge on any atom is 0.177 e. The normalized spacial score (nSPS) is 12.8. The van der Waals surface area contributed by atoms with Gasteiger partial charge in [-0.15, -0.1) is 10.2 Å². The van der Waals surface area contributed by atoms with Gasteiger partial charge >= 0.3 is 0 Å². The fourth-order valence-corrected chi connectivity index (χ4v) is 2.61. The van der Waals surface area contributed by atoms with Crippen molar-refractivity contribution < 1.29 is 5.11 Å². The average Bonchev–Trinajstić information content (AvgIpc) is 2.83. The Morgan fingerprint density at radius 3 is 2.90 bits per heavy atom. The van der Waals surface area contributed by atoms with Crippen LogP contribution < -0.4 is 0 Å². The number of aromatic nitrogens is 5. The van der Waals surface area contributed by atoms with Crippen molar-refractivity contribution in [3.63, 3.8) is 0 Å². The number of aliphatic hydroxyl groups is 1. The fraction of sp³-hybridized carbons (Fsp3) is 0.231. The molecule has 1 aromatic carbocycles. The monoisotopic (exact) mass is 333 g/mol. The van der Waals surface area contributed by atoms with E-state index in [1.165, 1.54) is 4.80 Å². The van der Waals surface area contributed by atoms with E-state index < -0.39 is 6.10 Å². The summed E-state index contributed by atoms with van der Waals surface area (Å²) in [6.45, 7) is 0. The van der Waals surface area contributed by atoms with Crippen molar-refractivity contribution in [3.8, 4) is 0 Å². The number of benzene rings is 1. The first-order valence-corrected chi connectivity index (χ1v) is 6.89. The minimum Gasteiger partial charge on any atom is -0.386 e. The van der Waals surface area contributed by atoms with Crippen LogP contribution in [0.3, 0.4) is 0 Å². The highest BCUT2D eigenvalue weighted by atomic mass is 79.9. The molecule has 3 rings (SSSR count). The number of hydrogen-bond donors (Lipinski definition) is 1. The lowest BCUT2D eigenvalue weighted by Crippen LogP contribution is -2.07. The smallest absolute Gasteiger partial charge is 0.177 e. The van der Waals surface area contributed by atoms with Crippen molar-refractivity contribution in [1.82, 2.24) is 25.2 Å². The van der Waals surface area contributed by atoms with E-state index in [4.69, 9.17) is 0 Å². The third-order valence-corrected chi connectivity index (χ3v) is 3.58. The summed E-state index contributed by atoms with van der Waals surface area (Å²) in [6, 6.07) is 9.72. The zero-order valence-electron chi connectivity index (χ0n) is 10.7. The number of pyridine rings is 1. The van der Waals surface area contributed by atoms with Crippen LogP contribution >= 0.6 is 15.9 Å². The summed E-state index contributed by atoms with van der Waals surface area (Å²) in [5.74, 6) is 0.488. The highest BCUT2D eigenvalue weighted by Crippen LogP contribution is 2.27. The van der Waals surface area contributed by atoms with Gasteiger partial charge in [0.1, 0.15) is 6.10 Å². The summed E-state index contributed by atoms with van der Waals surface area (Å²) in [6.07, 6.45) is -0.504. The van der Waals surface area contributed by atoms with Crippen molar-refractivity contribution in [2.45, 2.75) is 12.5 Å². The van der Waals surface area contributed by atoms with E-state index in [2.05, 4.69) is 36.3 Å². The van der Waals surface area contributed by atoms with Crippen molar-refractivity contribution >= 4 is 26.8 Å². The van der Waals surface area contributed by atoms with Crippen molar-refractivity contribution in [2.24, 2.45) is 7.05 Å². The van der Waals surface area contributed by atoms with Gasteiger partial charge in [-0.1, -0.05) is 18.2 Å². The number of halogens is 1. The summed E-state index contributed by atoms with van der Waals surface area (Å²) >= 11 is 3.45. The number of aryl methyl sites for hydroxylation is 1. The number of rotatable bonds is 3. The zero-order valence-corrected chi connectivity index (χ0v) is 12.3. The van der Waals surface area contributed by atoms with Crippen LogP contribution in [0, 0.1) is 0 Å². The number of aliphatic hydroxyl groups excluding tert-OH is 1. The minimum atomic E-state index is -0.779. The number of fused-ring (bicyclic) bond motifs is 1. The second kappa shape index (κ2) is 5.26. The molecule has 2 aromatic heterocycles. The zero-order chi connectivity index (χ0) is 14.1. The predicted molar refractivity (Wildman–Crippen MR) is 76.9 cm³/mol. The fourth-order valence-electron chi connectivity index (χ4n) is 2.01. The van der Waals surface area contributed by atoms with Gasteiger partial charge in [0.25, 0.3) is 0 Å². The number of tetrazole rings is 1. The highest BCUT2D eigenvalue weighted by Gasteiger charge is 2.17. The summed E-state index contributed by atoms with van der Waals surface area (Å²) < 4.78 is 0.771. The van der Waals surface area contributed by atoms with Gasteiger partial charge in [-0.2, -0.15) is 4.80 Å². The van der Waals surface area contributed by atoms with Gasteiger partial charge < -0.3 is 5.11 Å². The lowest BCUT2D eigenvalue weighted by atomic mass is 10.1. The molecule has 1 N–H and O–H groups in total. The Hall–Kier alpha value is -1.86. The maximum absolute atomic E-state index is 10.3. The van der Waals surface area contributed by atoms with E-state index >= 15 is 0 Å². The molecule has 1 unspecified atom stereocenters. The van der Waals surface area contributed by atoms with E-state index in [1.54, 1.807) is 7.05 Å². The number of para-hydroxylation sites is 1. The van der Waals surface area contributed by atoms with E-state index in [0.29, 0.717) is 11.5 Å². The first kappa shape index (κ1) is 13.1. The van der Waals surface area contributed by atoms with Gasteiger partial charge in [-0.3, -0.25) is 0 Å². The second-order valence-corrected chi connectivity index (χ2v) is 5.32. The molecule has 0 saturated heterocycles. The molecule has 0 aliphatic heterocycles. The summed E-state index contributed by atoms with van der Waals surface area (Å²) in [7, 11) is 1.69. The van der Waals surface area contributed by atoms with Gasteiger partial charge in [0.15, 0.2) is 5.82 Å². The molecular formula is C13H12BrN5O. The quantitative estimate of drug-likeness (QED) is 0.790. The Morgan fingerprint density at radius 2 is 2.15 bits per heavy atom. The van der Waals surface area contributed by atoms with Crippen molar-refractivity contribution in [2.75, 3.05) is 0 Å². The van der Waals surface area contributed by atoms with Crippen LogP contribution in [0.4, 0.5) is 0 Å². The van der Waals surface area contributed by atoms with Gasteiger partial charge in [0.05, 0.1) is 18.3 Å². The molecule has 6 nitrogen and oxygen atoms in total. The second-order valence-electron chi connectivity index (χ2n) is 4.46. The van der Waals surface area contributed by atoms with Crippen LogP contribution in [0.5, 0.6) is 0 Å². The van der Waals surface area contributed by atoms with E-state index in [9.17, 15) is 5.11 Å². The van der Waals surface area contributed by atoms with Crippen LogP contribution in [0.25, 0.3) is 10.9 Å². The van der Waals surface area contributed by atoms with Gasteiger partial charge in [-0.05, 0) is 33.3 Å². The Kier molecular flexibility index (Phi) is 3.45. The maximum atomic E-state index is 10.3. The molecule has 0 saturated carbocycles. The van der Waals surface area contributed by atoms with Gasteiger partial charge in [-0.25, -0.2) is 4.98 Å². The molecular weight excluding hydrogens is 322 g/mol. The Bertz CT molecular complexity index is 757. The number of hydrogen-bond acceptors (Lipinski definition) is 5. The molecule has 0 amide bonds. The Morgan fingerprint density at radius 1 is 1.35 bits per heavy atom. The van der Waals surface area contributed by atoms with E-state index in [0.717, 1.165) is 15.4 Å². The summed E-state index contributed by atoms with van der Waals surface area (Å²) in [5.41, 5.74) is 1.42. The lowest BCUT2D eigenvalue weighted by Gasteiger charge is -2.11. The largest absolute Gasteiger partial charge is 0.386 e. The van der Waals surface area contributed by atoms with Gasteiger partial charge in [0.2, 0.25) is 0 Å². The molecule has 0 radical (unpaired) electrons. The molecule has 20 heavy (non-hydrogen) atoms. The summed E-state index contributed by atoms with van der Waals surface area (Å²) in [4.78, 5) is 5.86. The standard InChI is InChI=1S/C13H12BrN5O/c1-19-17-12(16-18-19)7-11(20)13-9(14)6-8-4-2-3-5-10(8)15-13/h2-6,11,20H,7H2,1H3. The molecule has 102 valence electrons. The first-order chi connectivity index (χ1) is 9.63. The molecule has 1 atom stereocenters. The SMILES string of the molecule is Cn1nnc(CC(O)c2nc3ccccc3cc2Br)n1. The number of nitrogens with zero attached hydrogens (tertiary/aromatic N) is 5. The highest BCUT2D eigenvalue weighted by molar-refractivity contribution is 9.10. The third-order valence-electron chi connectivity index (χ3n) is 2.95. The molecule has 0 aliphatic rings. The van der Waals surface area contributed by atoms with Crippen LogP contribution in [-0.2, 0) is 13.5 Å². The lowest BCUT2D eigenvalue weighted by molar-refractivity contribution is 0.170. The van der Waals surface area contributed by atoms with E-state index in [1.807, 2.05) is 30.3 Å². The third kappa shape index (κ3) is 2.54. The molecule has 0 fully saturated rings. The molecule has 0 spiro atoms. The van der Waals surface area contributed by atoms with Crippen molar-refractivity contribution in [3.05, 3.63) is 46.3 Å². The predicted octanol–water partition coefficient (Wildman–Crippen LogP) is 1.80. The Labute approximate surface area is 123 Å². The van der Waals surface area contributed by atoms with Crippen molar-refractivity contribution in [1.29, 1.82) is 0 Å². The molecule has 0 aliphatic carbocycles. The minimum absolute atomic E-state index is 0.276. The van der Waals surface area contributed by atoms with Crippen LogP contribution in [0.1, 0.15) is 17.6 Å². The summed E-state index contributed by atoms with van der Waals surface area (Å²) in [5, 5.41) is 23.0. The Balaban J connectivity index is 1.94. The molecule has 3 aromatic rings. The van der Waals surface area contributed by atoms with E-state index in [-0.39, 0.29) is 6.42 Å². The van der Waals surface area contributed by atoms with Crippen LogP contribution in [0.15, 0.2) is 34.8 Å². The van der Waals surface area contributed by atoms with Crippen LogP contribution in [0.2, 0.25) is 0 Å². The average molecular weight is 334 g/mol.